The molecule has 0 aromatic heterocycles. The zero-order valence-electron chi connectivity index (χ0n) is 16.5. The number of rotatable bonds is 3. The molecule has 0 saturated carbocycles. The Morgan fingerprint density at radius 1 is 0.741 bits per heavy atom. The van der Waals surface area contributed by atoms with E-state index in [9.17, 15) is 0 Å². The van der Waals surface area contributed by atoms with Crippen LogP contribution in [0.1, 0.15) is 38.8 Å². The lowest BCUT2D eigenvalue weighted by atomic mass is 10.1. The van der Waals surface area contributed by atoms with Gasteiger partial charge in [0.2, 0.25) is 0 Å². The van der Waals surface area contributed by atoms with E-state index in [0.29, 0.717) is 0 Å². The van der Waals surface area contributed by atoms with E-state index in [1.54, 1.807) is 37.8 Å². The Labute approximate surface area is 171 Å². The molecule has 0 amide bonds. The average molecular weight is 413 g/mol. The third-order valence-electron chi connectivity index (χ3n) is 6.47. The minimum Gasteiger partial charge on any atom is -1.00 e. The van der Waals surface area contributed by atoms with Gasteiger partial charge in [-0.2, -0.15) is 0 Å². The van der Waals surface area contributed by atoms with Crippen LogP contribution in [0.4, 0.5) is 0 Å². The van der Waals surface area contributed by atoms with Crippen molar-refractivity contribution in [2.45, 2.75) is 51.9 Å². The van der Waals surface area contributed by atoms with Crippen LogP contribution in [0.2, 0.25) is 0 Å². The highest BCUT2D eigenvalue weighted by Crippen LogP contribution is 2.89. The second-order valence-electron chi connectivity index (χ2n) is 8.31. The molecule has 1 unspecified atom stereocenters. The first-order valence-corrected chi connectivity index (χ1v) is 13.9. The van der Waals surface area contributed by atoms with Gasteiger partial charge in [0.1, 0.15) is 12.9 Å². The van der Waals surface area contributed by atoms with Crippen molar-refractivity contribution < 1.29 is 12.4 Å². The minimum atomic E-state index is -1.33. The van der Waals surface area contributed by atoms with Crippen LogP contribution >= 0.6 is 14.6 Å². The molecule has 0 radical (unpaired) electrons. The van der Waals surface area contributed by atoms with Crippen molar-refractivity contribution in [2.75, 3.05) is 0 Å². The van der Waals surface area contributed by atoms with Crippen molar-refractivity contribution in [3.8, 4) is 0 Å². The van der Waals surface area contributed by atoms with Gasteiger partial charge in [-0.05, 0) is 69.2 Å². The van der Waals surface area contributed by atoms with Gasteiger partial charge in [-0.15, -0.1) is 0 Å². The first-order chi connectivity index (χ1) is 12.6. The van der Waals surface area contributed by atoms with Crippen LogP contribution in [0, 0.1) is 0 Å². The van der Waals surface area contributed by atoms with Gasteiger partial charge in [0.25, 0.3) is 0 Å². The molecule has 5 rings (SSSR count). The molecule has 140 valence electrons. The summed E-state index contributed by atoms with van der Waals surface area (Å²) >= 11 is 0. The summed E-state index contributed by atoms with van der Waals surface area (Å²) in [6.45, 7) is 8.67. The SMILES string of the molecule is CC(C)[P+]1(C(C)C)c2ccc3c4c(ccc(c24)P1c1ccccc1)CC3.[Cl-]. The second-order valence-corrected chi connectivity index (χ2v) is 17.1. The van der Waals surface area contributed by atoms with Crippen LogP contribution < -0.4 is 28.3 Å². The Morgan fingerprint density at radius 3 is 1.93 bits per heavy atom. The molecular weight excluding hydrogens is 386 g/mol. The number of hydrogen-bond acceptors (Lipinski definition) is 0. The highest BCUT2D eigenvalue weighted by Gasteiger charge is 2.60. The number of hydrogen-bond donors (Lipinski definition) is 0. The molecule has 1 heterocycles. The molecule has 0 nitrogen and oxygen atoms in total. The molecule has 3 heteroatoms. The fourth-order valence-electron chi connectivity index (χ4n) is 5.57. The maximum atomic E-state index is 2.55. The molecule has 0 fully saturated rings. The third-order valence-corrected chi connectivity index (χ3v) is 19.8. The van der Waals surface area contributed by atoms with E-state index in [1.807, 2.05) is 0 Å². The summed E-state index contributed by atoms with van der Waals surface area (Å²) in [5, 5.41) is 8.31. The topological polar surface area (TPSA) is 0 Å². The van der Waals surface area contributed by atoms with Gasteiger partial charge in [0.05, 0.1) is 18.3 Å². The Hall–Kier alpha value is -0.930. The maximum Gasteiger partial charge on any atom is 0.125 e. The first kappa shape index (κ1) is 19.4. The van der Waals surface area contributed by atoms with Crippen LogP contribution in [0.5, 0.6) is 0 Å². The van der Waals surface area contributed by atoms with Crippen molar-refractivity contribution in [1.82, 2.24) is 0 Å². The Bertz CT molecular complexity index is 990. The van der Waals surface area contributed by atoms with Gasteiger partial charge in [0.15, 0.2) is 0 Å². The Kier molecular flexibility index (Phi) is 4.91. The summed E-state index contributed by atoms with van der Waals surface area (Å²) in [5.74, 6) is 0. The monoisotopic (exact) mass is 412 g/mol. The zero-order chi connectivity index (χ0) is 18.1. The lowest BCUT2D eigenvalue weighted by molar-refractivity contribution is -0.00000516. The molecule has 2 aliphatic rings. The van der Waals surface area contributed by atoms with Crippen LogP contribution in [-0.4, -0.2) is 11.3 Å². The molecule has 1 aliphatic heterocycles. The highest BCUT2D eigenvalue weighted by molar-refractivity contribution is 8.48. The molecular formula is C24H27ClP2. The average Bonchev–Trinajstić information content (AvgIpc) is 3.18. The van der Waals surface area contributed by atoms with Gasteiger partial charge < -0.3 is 12.4 Å². The van der Waals surface area contributed by atoms with Gasteiger partial charge in [-0.1, -0.05) is 42.5 Å². The standard InChI is InChI=1S/C24H27P2.ClH/c1-16(2)26(17(3)4)22-15-13-19-11-10-18-12-14-21(24(22)23(18)19)25(26)20-8-6-5-7-9-20;/h5-9,12-17H,10-11H2,1-4H3;1H/q+1;/p-1. The minimum absolute atomic E-state index is 0. The summed E-state index contributed by atoms with van der Waals surface area (Å²) in [4.78, 5) is 0. The van der Waals surface area contributed by atoms with Crippen LogP contribution in [0.25, 0.3) is 10.8 Å². The van der Waals surface area contributed by atoms with Gasteiger partial charge in [-0.3, -0.25) is 0 Å². The molecule has 1 atom stereocenters. The number of aryl methyl sites for hydroxylation is 2. The second kappa shape index (κ2) is 6.84. The van der Waals surface area contributed by atoms with Gasteiger partial charge in [0, 0.05) is 16.0 Å². The molecule has 0 bridgehead atoms. The third kappa shape index (κ3) is 2.43. The van der Waals surface area contributed by atoms with E-state index in [-0.39, 0.29) is 20.0 Å². The Balaban J connectivity index is 0.00000180. The van der Waals surface area contributed by atoms with E-state index < -0.39 is 6.95 Å². The summed E-state index contributed by atoms with van der Waals surface area (Å²) in [7, 11) is -0.298. The fourth-order valence-corrected chi connectivity index (χ4v) is 19.2. The predicted molar refractivity (Wildman–Crippen MR) is 121 cm³/mol. The first-order valence-electron chi connectivity index (χ1n) is 9.89. The summed E-state index contributed by atoms with van der Waals surface area (Å²) < 4.78 is 0. The van der Waals surface area contributed by atoms with Crippen molar-refractivity contribution in [3.63, 3.8) is 0 Å². The molecule has 0 saturated heterocycles. The van der Waals surface area contributed by atoms with Crippen molar-refractivity contribution in [1.29, 1.82) is 0 Å². The van der Waals surface area contributed by atoms with Crippen LogP contribution in [-0.2, 0) is 12.8 Å². The van der Waals surface area contributed by atoms with E-state index >= 15 is 0 Å². The molecule has 27 heavy (non-hydrogen) atoms. The molecule has 3 aromatic rings. The summed E-state index contributed by atoms with van der Waals surface area (Å²) in [6, 6.07) is 21.4. The van der Waals surface area contributed by atoms with Crippen LogP contribution in [0.15, 0.2) is 54.6 Å². The maximum absolute atomic E-state index is 2.55. The Morgan fingerprint density at radius 2 is 1.33 bits per heavy atom. The zero-order valence-corrected chi connectivity index (χ0v) is 19.1. The van der Waals surface area contributed by atoms with Crippen molar-refractivity contribution in [2.24, 2.45) is 0 Å². The van der Waals surface area contributed by atoms with Crippen molar-refractivity contribution in [3.05, 3.63) is 65.7 Å². The lowest BCUT2D eigenvalue weighted by Gasteiger charge is -2.37. The van der Waals surface area contributed by atoms with Crippen molar-refractivity contribution >= 4 is 41.2 Å². The molecule has 0 spiro atoms. The number of benzene rings is 3. The smallest absolute Gasteiger partial charge is 0.125 e. The lowest BCUT2D eigenvalue weighted by Crippen LogP contribution is -3.00. The molecule has 3 aromatic carbocycles. The van der Waals surface area contributed by atoms with Gasteiger partial charge >= 0.3 is 0 Å². The van der Waals surface area contributed by atoms with Gasteiger partial charge in [-0.25, -0.2) is 0 Å². The van der Waals surface area contributed by atoms with Crippen LogP contribution in [0.3, 0.4) is 0 Å². The predicted octanol–water partition coefficient (Wildman–Crippen LogP) is 2.76. The summed E-state index contributed by atoms with van der Waals surface area (Å²) in [6.07, 6.45) is 2.46. The molecule has 0 N–H and O–H groups in total. The highest BCUT2D eigenvalue weighted by atomic mass is 35.5. The van der Waals surface area contributed by atoms with E-state index in [0.717, 1.165) is 11.3 Å². The fraction of sp³-hybridized carbons (Fsp3) is 0.333. The van der Waals surface area contributed by atoms with E-state index in [1.165, 1.54) is 12.8 Å². The summed E-state index contributed by atoms with van der Waals surface area (Å²) in [5.41, 5.74) is 4.63. The number of halogens is 1. The van der Waals surface area contributed by atoms with E-state index in [2.05, 4.69) is 82.3 Å². The quantitative estimate of drug-likeness (QED) is 0.580. The normalized spacial score (nSPS) is 19.1. The largest absolute Gasteiger partial charge is 1.00 e. The molecule has 1 aliphatic carbocycles. The van der Waals surface area contributed by atoms with E-state index in [4.69, 9.17) is 0 Å².